The summed E-state index contributed by atoms with van der Waals surface area (Å²) in [7, 11) is 0. The molecule has 0 aromatic heterocycles. The molecule has 0 heterocycles. The zero-order valence-electron chi connectivity index (χ0n) is 9.72. The summed E-state index contributed by atoms with van der Waals surface area (Å²) in [6.07, 6.45) is 1.11. The zero-order valence-corrected chi connectivity index (χ0v) is 10.5. The van der Waals surface area contributed by atoms with Crippen LogP contribution in [0.4, 0.5) is 0 Å². The van der Waals surface area contributed by atoms with Gasteiger partial charge in [-0.1, -0.05) is 27.2 Å². The summed E-state index contributed by atoms with van der Waals surface area (Å²) in [5.74, 6) is 1.11. The Morgan fingerprint density at radius 2 is 1.93 bits per heavy atom. The number of rotatable bonds is 6. The fraction of sp³-hybridized carbons (Fsp3) is 0.909. The Morgan fingerprint density at radius 1 is 1.36 bits per heavy atom. The second-order valence-corrected chi connectivity index (χ2v) is 4.25. The van der Waals surface area contributed by atoms with Crippen molar-refractivity contribution < 1.29 is 4.79 Å². The Kier molecular flexibility index (Phi) is 6.98. The molecule has 2 unspecified atom stereocenters. The lowest BCUT2D eigenvalue weighted by Crippen LogP contribution is -2.38. The van der Waals surface area contributed by atoms with Crippen LogP contribution >= 0.6 is 11.6 Å². The van der Waals surface area contributed by atoms with Crippen molar-refractivity contribution in [2.45, 2.75) is 34.1 Å². The van der Waals surface area contributed by atoms with E-state index in [0.717, 1.165) is 19.5 Å². The molecule has 0 aliphatic carbocycles. The average Bonchev–Trinajstić information content (AvgIpc) is 2.23. The molecule has 0 aromatic carbocycles. The smallest absolute Gasteiger partial charge is 0.226 e. The number of hydrogen-bond acceptors (Lipinski definition) is 1. The molecule has 0 saturated carbocycles. The summed E-state index contributed by atoms with van der Waals surface area (Å²) in [6.45, 7) is 9.85. The van der Waals surface area contributed by atoms with Gasteiger partial charge in [0.15, 0.2) is 0 Å². The molecule has 0 radical (unpaired) electrons. The topological polar surface area (TPSA) is 20.3 Å². The van der Waals surface area contributed by atoms with E-state index in [2.05, 4.69) is 13.8 Å². The summed E-state index contributed by atoms with van der Waals surface area (Å²) in [5, 5.41) is 0. The van der Waals surface area contributed by atoms with Crippen molar-refractivity contribution in [3.05, 3.63) is 0 Å². The number of alkyl halides is 1. The summed E-state index contributed by atoms with van der Waals surface area (Å²) in [5.41, 5.74) is 0. The largest absolute Gasteiger partial charge is 0.342 e. The lowest BCUT2D eigenvalue weighted by molar-refractivity contribution is -0.134. The van der Waals surface area contributed by atoms with Crippen LogP contribution in [-0.4, -0.2) is 29.8 Å². The Morgan fingerprint density at radius 3 is 2.29 bits per heavy atom. The van der Waals surface area contributed by atoms with Gasteiger partial charge >= 0.3 is 0 Å². The number of halogens is 1. The molecule has 0 spiro atoms. The summed E-state index contributed by atoms with van der Waals surface area (Å²) in [6, 6.07) is 0. The maximum absolute atomic E-state index is 11.8. The van der Waals surface area contributed by atoms with Crippen molar-refractivity contribution in [1.82, 2.24) is 4.90 Å². The monoisotopic (exact) mass is 219 g/mol. The van der Waals surface area contributed by atoms with Gasteiger partial charge in [-0.05, 0) is 12.8 Å². The lowest BCUT2D eigenvalue weighted by Gasteiger charge is -2.26. The Balaban J connectivity index is 4.18. The number of carbonyl (C=O) groups excluding carboxylic acids is 1. The highest BCUT2D eigenvalue weighted by Crippen LogP contribution is 2.09. The minimum absolute atomic E-state index is 0.0549. The molecular formula is C11H22ClNO. The third-order valence-corrected chi connectivity index (χ3v) is 3.04. The summed E-state index contributed by atoms with van der Waals surface area (Å²) < 4.78 is 0. The van der Waals surface area contributed by atoms with E-state index in [1.165, 1.54) is 0 Å². The lowest BCUT2D eigenvalue weighted by atomic mass is 10.1. The molecule has 2 nitrogen and oxygen atoms in total. The molecule has 0 N–H and O–H groups in total. The molecule has 3 heteroatoms. The molecule has 1 amide bonds. The second-order valence-electron chi connectivity index (χ2n) is 3.95. The second kappa shape index (κ2) is 7.10. The van der Waals surface area contributed by atoms with E-state index in [4.69, 9.17) is 11.6 Å². The molecule has 14 heavy (non-hydrogen) atoms. The van der Waals surface area contributed by atoms with E-state index < -0.39 is 0 Å². The first kappa shape index (κ1) is 13.8. The molecule has 0 bridgehead atoms. The van der Waals surface area contributed by atoms with Gasteiger partial charge in [-0.2, -0.15) is 0 Å². The van der Waals surface area contributed by atoms with Crippen LogP contribution in [0.3, 0.4) is 0 Å². The van der Waals surface area contributed by atoms with Crippen molar-refractivity contribution in [3.8, 4) is 0 Å². The number of hydrogen-bond donors (Lipinski definition) is 0. The highest BCUT2D eigenvalue weighted by Gasteiger charge is 2.19. The van der Waals surface area contributed by atoms with Crippen LogP contribution in [0.1, 0.15) is 34.1 Å². The highest BCUT2D eigenvalue weighted by molar-refractivity contribution is 6.19. The molecule has 0 fully saturated rings. The highest BCUT2D eigenvalue weighted by atomic mass is 35.5. The first-order valence-electron chi connectivity index (χ1n) is 5.41. The van der Waals surface area contributed by atoms with Gasteiger partial charge in [-0.25, -0.2) is 0 Å². The quantitative estimate of drug-likeness (QED) is 0.630. The van der Waals surface area contributed by atoms with Gasteiger partial charge in [-0.15, -0.1) is 11.6 Å². The first-order valence-corrected chi connectivity index (χ1v) is 5.94. The normalized spacial score (nSPS) is 14.9. The molecule has 0 rings (SSSR count). The van der Waals surface area contributed by atoms with Crippen LogP contribution in [0.15, 0.2) is 0 Å². The van der Waals surface area contributed by atoms with Crippen LogP contribution in [-0.2, 0) is 4.79 Å². The predicted molar refractivity (Wildman–Crippen MR) is 61.6 cm³/mol. The molecule has 0 aliphatic heterocycles. The standard InChI is InChI=1S/C11H22ClNO/c1-5-9(3)8-13(6-2)11(14)10(4)7-12/h9-10H,5-8H2,1-4H3. The number of amides is 1. The molecule has 0 aromatic rings. The summed E-state index contributed by atoms with van der Waals surface area (Å²) >= 11 is 5.67. The fourth-order valence-corrected chi connectivity index (χ4v) is 1.39. The molecule has 0 saturated heterocycles. The predicted octanol–water partition coefficient (Wildman–Crippen LogP) is 2.76. The van der Waals surface area contributed by atoms with Crippen LogP contribution in [0.25, 0.3) is 0 Å². The molecular weight excluding hydrogens is 198 g/mol. The minimum Gasteiger partial charge on any atom is -0.342 e. The van der Waals surface area contributed by atoms with E-state index in [-0.39, 0.29) is 11.8 Å². The van der Waals surface area contributed by atoms with Crippen LogP contribution in [0, 0.1) is 11.8 Å². The Labute approximate surface area is 92.6 Å². The van der Waals surface area contributed by atoms with Crippen LogP contribution < -0.4 is 0 Å². The maximum atomic E-state index is 11.8. The molecule has 84 valence electrons. The zero-order chi connectivity index (χ0) is 11.1. The van der Waals surface area contributed by atoms with Crippen molar-refractivity contribution in [1.29, 1.82) is 0 Å². The third kappa shape index (κ3) is 4.32. The van der Waals surface area contributed by atoms with Gasteiger partial charge in [0.1, 0.15) is 0 Å². The SMILES string of the molecule is CCC(C)CN(CC)C(=O)C(C)CCl. The van der Waals surface area contributed by atoms with E-state index in [1.54, 1.807) is 0 Å². The van der Waals surface area contributed by atoms with Gasteiger partial charge in [0.05, 0.1) is 0 Å². The van der Waals surface area contributed by atoms with E-state index in [9.17, 15) is 4.79 Å². The van der Waals surface area contributed by atoms with E-state index in [1.807, 2.05) is 18.7 Å². The Hall–Kier alpha value is -0.240. The van der Waals surface area contributed by atoms with Crippen LogP contribution in [0.2, 0.25) is 0 Å². The van der Waals surface area contributed by atoms with Crippen LogP contribution in [0.5, 0.6) is 0 Å². The van der Waals surface area contributed by atoms with Gasteiger partial charge in [-0.3, -0.25) is 4.79 Å². The fourth-order valence-electron chi connectivity index (χ4n) is 1.26. The third-order valence-electron chi connectivity index (χ3n) is 2.58. The molecule has 2 atom stereocenters. The number of nitrogens with zero attached hydrogens (tertiary/aromatic N) is 1. The average molecular weight is 220 g/mol. The number of carbonyl (C=O) groups is 1. The van der Waals surface area contributed by atoms with Crippen molar-refractivity contribution in [3.63, 3.8) is 0 Å². The van der Waals surface area contributed by atoms with Gasteiger partial charge in [0, 0.05) is 24.9 Å². The summed E-state index contributed by atoms with van der Waals surface area (Å²) in [4.78, 5) is 13.7. The van der Waals surface area contributed by atoms with E-state index in [0.29, 0.717) is 11.8 Å². The maximum Gasteiger partial charge on any atom is 0.226 e. The molecule has 0 aliphatic rings. The van der Waals surface area contributed by atoms with Crippen molar-refractivity contribution in [2.75, 3.05) is 19.0 Å². The van der Waals surface area contributed by atoms with E-state index >= 15 is 0 Å². The Bertz CT molecular complexity index is 173. The van der Waals surface area contributed by atoms with Gasteiger partial charge in [0.2, 0.25) is 5.91 Å². The first-order chi connectivity index (χ1) is 6.56. The minimum atomic E-state index is -0.0549. The van der Waals surface area contributed by atoms with Gasteiger partial charge < -0.3 is 4.90 Å². The van der Waals surface area contributed by atoms with Crippen molar-refractivity contribution >= 4 is 17.5 Å². The van der Waals surface area contributed by atoms with Crippen molar-refractivity contribution in [2.24, 2.45) is 11.8 Å². The van der Waals surface area contributed by atoms with Gasteiger partial charge in [0.25, 0.3) is 0 Å².